The van der Waals surface area contributed by atoms with E-state index in [4.69, 9.17) is 10.4 Å². The molecule has 4 heterocycles. The second-order valence-corrected chi connectivity index (χ2v) is 10.2. The highest BCUT2D eigenvalue weighted by molar-refractivity contribution is 5.89. The Kier molecular flexibility index (Phi) is 6.11. The Labute approximate surface area is 216 Å². The third kappa shape index (κ3) is 4.68. The minimum Gasteiger partial charge on any atom is -0.336 e. The van der Waals surface area contributed by atoms with Crippen LogP contribution >= 0.6 is 0 Å². The molecule has 0 radical (unpaired) electrons. The zero-order valence-corrected chi connectivity index (χ0v) is 20.9. The van der Waals surface area contributed by atoms with Gasteiger partial charge < -0.3 is 10.6 Å². The fraction of sp³-hybridized carbons (Fsp3) is 0.300. The fourth-order valence-corrected chi connectivity index (χ4v) is 6.06. The number of piperidine rings is 3. The molecule has 3 aliphatic heterocycles. The molecule has 2 bridgehead atoms. The number of nitriles is 1. The van der Waals surface area contributed by atoms with E-state index in [1.165, 1.54) is 22.9 Å². The van der Waals surface area contributed by atoms with Gasteiger partial charge in [-0.3, -0.25) is 9.58 Å². The lowest BCUT2D eigenvalue weighted by molar-refractivity contribution is 0.0296. The average molecular weight is 491 g/mol. The topological polar surface area (TPSA) is 86.0 Å². The van der Waals surface area contributed by atoms with Crippen LogP contribution in [0, 0.1) is 17.2 Å². The minimum absolute atomic E-state index is 0.235. The van der Waals surface area contributed by atoms with Crippen molar-refractivity contribution in [2.75, 3.05) is 25.0 Å². The van der Waals surface area contributed by atoms with E-state index < -0.39 is 0 Å². The summed E-state index contributed by atoms with van der Waals surface area (Å²) in [4.78, 5) is 15.0. The zero-order chi connectivity index (χ0) is 25.4. The number of rotatable bonds is 5. The summed E-state index contributed by atoms with van der Waals surface area (Å²) >= 11 is 0. The van der Waals surface area contributed by atoms with Gasteiger partial charge in [-0.05, 0) is 66.4 Å². The lowest BCUT2D eigenvalue weighted by Gasteiger charge is -2.49. The summed E-state index contributed by atoms with van der Waals surface area (Å²) in [5.74, 6) is 1.02. The first-order valence-corrected chi connectivity index (χ1v) is 12.9. The molecule has 3 saturated heterocycles. The molecule has 3 aliphatic rings. The van der Waals surface area contributed by atoms with Crippen LogP contribution in [0.25, 0.3) is 22.0 Å². The smallest absolute Gasteiger partial charge is 0.319 e. The van der Waals surface area contributed by atoms with Crippen LogP contribution in [0.4, 0.5) is 10.5 Å². The number of aromatic nitrogens is 2. The Morgan fingerprint density at radius 1 is 1.08 bits per heavy atom. The van der Waals surface area contributed by atoms with Crippen LogP contribution in [-0.2, 0) is 7.05 Å². The maximum Gasteiger partial charge on any atom is 0.319 e. The normalized spacial score (nSPS) is 22.5. The number of anilines is 1. The van der Waals surface area contributed by atoms with Crippen molar-refractivity contribution in [3.05, 3.63) is 84.1 Å². The van der Waals surface area contributed by atoms with Crippen molar-refractivity contribution in [1.29, 1.82) is 5.26 Å². The van der Waals surface area contributed by atoms with E-state index in [9.17, 15) is 4.79 Å². The van der Waals surface area contributed by atoms with Crippen molar-refractivity contribution in [3.63, 3.8) is 0 Å². The number of carbonyl (C=O) groups excluding carboxylic acids is 1. The Morgan fingerprint density at radius 2 is 1.95 bits per heavy atom. The van der Waals surface area contributed by atoms with Gasteiger partial charge in [-0.15, -0.1) is 0 Å². The summed E-state index contributed by atoms with van der Waals surface area (Å²) in [7, 11) is 2.06. The molecule has 0 spiro atoms. The number of fused-ring (bicyclic) bond motifs is 4. The molecule has 3 aromatic carbocycles. The largest absolute Gasteiger partial charge is 0.336 e. The molecule has 7 nitrogen and oxygen atoms in total. The lowest BCUT2D eigenvalue weighted by Crippen LogP contribution is -2.56. The number of hydrogen-bond donors (Lipinski definition) is 2. The molecule has 37 heavy (non-hydrogen) atoms. The second-order valence-electron chi connectivity index (χ2n) is 10.2. The molecular formula is C30H30N6O. The van der Waals surface area contributed by atoms with E-state index in [0.717, 1.165) is 30.8 Å². The van der Waals surface area contributed by atoms with Crippen LogP contribution in [0.15, 0.2) is 72.8 Å². The molecule has 0 aliphatic carbocycles. The van der Waals surface area contributed by atoms with Gasteiger partial charge in [0.05, 0.1) is 17.3 Å². The highest BCUT2D eigenvalue weighted by Crippen LogP contribution is 2.42. The molecule has 3 fully saturated rings. The summed E-state index contributed by atoms with van der Waals surface area (Å²) in [6.07, 6.45) is 2.23. The third-order valence-corrected chi connectivity index (χ3v) is 7.97. The van der Waals surface area contributed by atoms with Crippen molar-refractivity contribution in [2.45, 2.75) is 24.8 Å². The molecular weight excluding hydrogens is 460 g/mol. The number of nitrogens with one attached hydrogen (secondary N) is 2. The predicted octanol–water partition coefficient (Wildman–Crippen LogP) is 5.11. The Morgan fingerprint density at radius 3 is 2.76 bits per heavy atom. The summed E-state index contributed by atoms with van der Waals surface area (Å²) in [5, 5.41) is 22.3. The van der Waals surface area contributed by atoms with E-state index in [1.54, 1.807) is 24.3 Å². The molecule has 4 aromatic rings. The maximum atomic E-state index is 12.5. The summed E-state index contributed by atoms with van der Waals surface area (Å²) in [6.45, 7) is 2.66. The van der Waals surface area contributed by atoms with Crippen molar-refractivity contribution in [3.8, 4) is 17.3 Å². The highest BCUT2D eigenvalue weighted by Gasteiger charge is 2.41. The zero-order valence-electron chi connectivity index (χ0n) is 20.9. The van der Waals surface area contributed by atoms with Crippen LogP contribution in [-0.4, -0.2) is 46.4 Å². The van der Waals surface area contributed by atoms with Crippen LogP contribution in [0.2, 0.25) is 0 Å². The fourth-order valence-electron chi connectivity index (χ4n) is 6.06. The van der Waals surface area contributed by atoms with E-state index in [-0.39, 0.29) is 6.03 Å². The predicted molar refractivity (Wildman–Crippen MR) is 145 cm³/mol. The number of aryl methyl sites for hydroxylation is 1. The average Bonchev–Trinajstić information content (AvgIpc) is 3.33. The molecule has 7 heteroatoms. The van der Waals surface area contributed by atoms with E-state index in [1.807, 2.05) is 0 Å². The van der Waals surface area contributed by atoms with Gasteiger partial charge in [0.1, 0.15) is 0 Å². The van der Waals surface area contributed by atoms with Gasteiger partial charge in [0.2, 0.25) is 0 Å². The Bertz CT molecular complexity index is 1500. The molecule has 7 rings (SSSR count). The van der Waals surface area contributed by atoms with Crippen molar-refractivity contribution in [1.82, 2.24) is 20.0 Å². The molecule has 0 saturated carbocycles. The number of hydrogen-bond acceptors (Lipinski definition) is 4. The van der Waals surface area contributed by atoms with Crippen molar-refractivity contribution in [2.24, 2.45) is 13.0 Å². The Balaban J connectivity index is 1.11. The number of urea groups is 1. The van der Waals surface area contributed by atoms with E-state index >= 15 is 0 Å². The number of carbonyl (C=O) groups is 1. The highest BCUT2D eigenvalue weighted by atomic mass is 16.2. The Hall–Kier alpha value is -4.15. The first kappa shape index (κ1) is 23.3. The van der Waals surface area contributed by atoms with Gasteiger partial charge in [-0.25, -0.2) is 4.79 Å². The second kappa shape index (κ2) is 9.72. The van der Waals surface area contributed by atoms with Gasteiger partial charge in [-0.2, -0.15) is 10.4 Å². The SMILES string of the molecule is Cn1nc(-c2ccc3ccccc3c2)cc1[C@@H]1CN2CC[C@H]1C[C@@H]2CNC(=O)Nc1cccc(C#N)c1. The monoisotopic (exact) mass is 490 g/mol. The van der Waals surface area contributed by atoms with Gasteiger partial charge in [0.25, 0.3) is 0 Å². The standard InChI is InChI=1S/C30H30N6O/c1-35-29(16-28(34-35)24-10-9-21-6-2-3-7-22(21)14-24)27-19-36-12-11-23(27)15-26(36)18-32-30(37)33-25-8-4-5-20(13-25)17-31/h2-10,13-14,16,23,26-27H,11-12,15,18-19H2,1H3,(H2,32,33,37)/t23-,26+,27+/m0/s1. The molecule has 2 amide bonds. The quantitative estimate of drug-likeness (QED) is 0.407. The van der Waals surface area contributed by atoms with Crippen LogP contribution in [0.5, 0.6) is 0 Å². The van der Waals surface area contributed by atoms with Crippen LogP contribution in [0.3, 0.4) is 0 Å². The third-order valence-electron chi connectivity index (χ3n) is 7.97. The van der Waals surface area contributed by atoms with E-state index in [0.29, 0.717) is 35.7 Å². The summed E-state index contributed by atoms with van der Waals surface area (Å²) < 4.78 is 2.06. The van der Waals surface area contributed by atoms with Crippen LogP contribution < -0.4 is 10.6 Å². The maximum absolute atomic E-state index is 12.5. The van der Waals surface area contributed by atoms with Gasteiger partial charge in [0.15, 0.2) is 0 Å². The minimum atomic E-state index is -0.235. The van der Waals surface area contributed by atoms with Gasteiger partial charge >= 0.3 is 6.03 Å². The van der Waals surface area contributed by atoms with Gasteiger partial charge in [0, 0.05) is 49.0 Å². The van der Waals surface area contributed by atoms with Gasteiger partial charge in [-0.1, -0.05) is 42.5 Å². The van der Waals surface area contributed by atoms with Crippen LogP contribution in [0.1, 0.15) is 30.0 Å². The molecule has 1 aromatic heterocycles. The number of amides is 2. The lowest BCUT2D eigenvalue weighted by atomic mass is 9.74. The summed E-state index contributed by atoms with van der Waals surface area (Å²) in [5.41, 5.74) is 4.61. The summed E-state index contributed by atoms with van der Waals surface area (Å²) in [6, 6.07) is 26.4. The molecule has 2 N–H and O–H groups in total. The number of nitrogens with zero attached hydrogens (tertiary/aromatic N) is 4. The molecule has 186 valence electrons. The molecule has 4 atom stereocenters. The first-order valence-electron chi connectivity index (χ1n) is 12.9. The number of benzene rings is 3. The molecule has 1 unspecified atom stereocenters. The van der Waals surface area contributed by atoms with Crippen molar-refractivity contribution < 1.29 is 4.79 Å². The van der Waals surface area contributed by atoms with Crippen molar-refractivity contribution >= 4 is 22.5 Å². The van der Waals surface area contributed by atoms with E-state index in [2.05, 4.69) is 81.9 Å². The first-order chi connectivity index (χ1) is 18.1.